The van der Waals surface area contributed by atoms with Crippen molar-refractivity contribution in [1.29, 1.82) is 0 Å². The molecule has 4 aromatic rings. The molecule has 1 unspecified atom stereocenters. The van der Waals surface area contributed by atoms with E-state index in [2.05, 4.69) is 10.2 Å². The van der Waals surface area contributed by atoms with Crippen molar-refractivity contribution in [2.24, 2.45) is 0 Å². The first kappa shape index (κ1) is 24.7. The lowest BCUT2D eigenvalue weighted by Crippen LogP contribution is -2.36. The molecule has 37 heavy (non-hydrogen) atoms. The molecule has 6 heteroatoms. The quantitative estimate of drug-likeness (QED) is 0.343. The van der Waals surface area contributed by atoms with Crippen LogP contribution in [-0.2, 0) is 16.1 Å². The van der Waals surface area contributed by atoms with Gasteiger partial charge in [-0.25, -0.2) is 9.78 Å². The van der Waals surface area contributed by atoms with Crippen LogP contribution in [0.15, 0.2) is 84.9 Å². The van der Waals surface area contributed by atoms with Crippen LogP contribution < -0.4 is 5.32 Å². The highest BCUT2D eigenvalue weighted by Gasteiger charge is 2.28. The number of amides is 1. The Morgan fingerprint density at radius 2 is 1.54 bits per heavy atom. The predicted molar refractivity (Wildman–Crippen MR) is 145 cm³/mol. The fourth-order valence-electron chi connectivity index (χ4n) is 5.09. The number of pyridine rings is 1. The number of hydrogen-bond acceptors (Lipinski definition) is 5. The molecule has 1 saturated heterocycles. The summed E-state index contributed by atoms with van der Waals surface area (Å²) >= 11 is 0. The number of nitrogens with one attached hydrogen (secondary N) is 1. The van der Waals surface area contributed by atoms with Gasteiger partial charge in [0, 0.05) is 23.1 Å². The molecule has 2 heterocycles. The van der Waals surface area contributed by atoms with Crippen LogP contribution in [0.5, 0.6) is 0 Å². The highest BCUT2D eigenvalue weighted by atomic mass is 16.5. The number of rotatable bonds is 7. The number of carbonyl (C=O) groups excluding carboxylic acids is 2. The third-order valence-corrected chi connectivity index (χ3v) is 6.94. The first-order chi connectivity index (χ1) is 18.2. The molecular formula is C31H31N3O3. The van der Waals surface area contributed by atoms with Crippen LogP contribution in [-0.4, -0.2) is 42.0 Å². The Labute approximate surface area is 217 Å². The number of hydrogen-bond donors (Lipinski definition) is 1. The van der Waals surface area contributed by atoms with Gasteiger partial charge in [0.05, 0.1) is 23.9 Å². The van der Waals surface area contributed by atoms with Gasteiger partial charge < -0.3 is 10.1 Å². The molecule has 1 N–H and O–H groups in total. The van der Waals surface area contributed by atoms with Crippen molar-refractivity contribution in [3.05, 3.63) is 102 Å². The molecule has 3 aromatic carbocycles. The van der Waals surface area contributed by atoms with Crippen molar-refractivity contribution in [1.82, 2.24) is 15.2 Å². The topological polar surface area (TPSA) is 71.5 Å². The number of methoxy groups -OCH3 is 1. The normalized spacial score (nSPS) is 14.7. The summed E-state index contributed by atoms with van der Waals surface area (Å²) in [4.78, 5) is 34.4. The van der Waals surface area contributed by atoms with Crippen LogP contribution in [0.3, 0.4) is 0 Å². The van der Waals surface area contributed by atoms with E-state index in [0.717, 1.165) is 53.7 Å². The molecule has 1 amide bonds. The van der Waals surface area contributed by atoms with Crippen molar-refractivity contribution < 1.29 is 14.3 Å². The summed E-state index contributed by atoms with van der Waals surface area (Å²) < 4.78 is 5.06. The molecule has 1 aliphatic rings. The van der Waals surface area contributed by atoms with E-state index in [9.17, 15) is 9.59 Å². The number of likely N-dealkylation sites (tertiary alicyclic amines) is 1. The van der Waals surface area contributed by atoms with Gasteiger partial charge >= 0.3 is 5.97 Å². The Bertz CT molecular complexity index is 1380. The van der Waals surface area contributed by atoms with Crippen molar-refractivity contribution in [3.63, 3.8) is 0 Å². The fraction of sp³-hybridized carbons (Fsp3) is 0.258. The molecule has 0 saturated carbocycles. The third kappa shape index (κ3) is 5.39. The van der Waals surface area contributed by atoms with E-state index in [1.165, 1.54) is 13.5 Å². The Hall–Kier alpha value is -4.03. The lowest BCUT2D eigenvalue weighted by atomic mass is 9.94. The first-order valence-electron chi connectivity index (χ1n) is 12.8. The average molecular weight is 494 g/mol. The maximum atomic E-state index is 14.1. The van der Waals surface area contributed by atoms with E-state index in [1.807, 2.05) is 84.9 Å². The number of carbonyl (C=O) groups is 2. The standard InChI is InChI=1S/C31H31N3O3/c1-37-31(36)29(23-15-7-3-8-16-23)33-30(35)27-24-17-9-10-18-26(24)32-28(22-13-5-2-6-14-22)25(27)21-34-19-11-4-12-20-34/h2-3,5-10,13-18,29H,4,11-12,19-21H2,1H3,(H,33,35). The summed E-state index contributed by atoms with van der Waals surface area (Å²) in [6.07, 6.45) is 3.51. The zero-order chi connectivity index (χ0) is 25.6. The number of aromatic nitrogens is 1. The van der Waals surface area contributed by atoms with Gasteiger partial charge in [-0.15, -0.1) is 0 Å². The van der Waals surface area contributed by atoms with Crippen LogP contribution in [0.1, 0.15) is 46.8 Å². The van der Waals surface area contributed by atoms with Crippen LogP contribution in [0.4, 0.5) is 0 Å². The Balaban J connectivity index is 1.66. The van der Waals surface area contributed by atoms with E-state index in [1.54, 1.807) is 0 Å². The van der Waals surface area contributed by atoms with Gasteiger partial charge in [0.2, 0.25) is 0 Å². The lowest BCUT2D eigenvalue weighted by molar-refractivity contribution is -0.143. The lowest BCUT2D eigenvalue weighted by Gasteiger charge is -2.29. The third-order valence-electron chi connectivity index (χ3n) is 6.94. The molecule has 1 fully saturated rings. The minimum absolute atomic E-state index is 0.318. The van der Waals surface area contributed by atoms with E-state index < -0.39 is 12.0 Å². The maximum absolute atomic E-state index is 14.1. The second-order valence-corrected chi connectivity index (χ2v) is 9.37. The summed E-state index contributed by atoms with van der Waals surface area (Å²) in [5, 5.41) is 3.76. The number of esters is 1. The molecule has 6 nitrogen and oxygen atoms in total. The molecule has 1 aliphatic heterocycles. The molecular weight excluding hydrogens is 462 g/mol. The van der Waals surface area contributed by atoms with Gasteiger partial charge in [-0.2, -0.15) is 0 Å². The van der Waals surface area contributed by atoms with Crippen molar-refractivity contribution in [3.8, 4) is 11.3 Å². The second-order valence-electron chi connectivity index (χ2n) is 9.37. The highest BCUT2D eigenvalue weighted by Crippen LogP contribution is 2.32. The summed E-state index contributed by atoms with van der Waals surface area (Å²) in [6.45, 7) is 2.58. The largest absolute Gasteiger partial charge is 0.467 e. The van der Waals surface area contributed by atoms with E-state index in [-0.39, 0.29) is 5.91 Å². The number of para-hydroxylation sites is 1. The van der Waals surface area contributed by atoms with E-state index in [4.69, 9.17) is 9.72 Å². The molecule has 0 aliphatic carbocycles. The second kappa shape index (κ2) is 11.4. The Morgan fingerprint density at radius 3 is 2.24 bits per heavy atom. The molecule has 1 atom stereocenters. The number of piperidine rings is 1. The monoisotopic (exact) mass is 493 g/mol. The van der Waals surface area contributed by atoms with Gasteiger partial charge in [0.25, 0.3) is 5.91 Å². The van der Waals surface area contributed by atoms with Crippen molar-refractivity contribution in [2.45, 2.75) is 31.8 Å². The zero-order valence-electron chi connectivity index (χ0n) is 21.0. The molecule has 1 aromatic heterocycles. The first-order valence-corrected chi connectivity index (χ1v) is 12.8. The fourth-order valence-corrected chi connectivity index (χ4v) is 5.09. The van der Waals surface area contributed by atoms with Crippen LogP contribution in [0, 0.1) is 0 Å². The Morgan fingerprint density at radius 1 is 0.892 bits per heavy atom. The zero-order valence-corrected chi connectivity index (χ0v) is 21.0. The van der Waals surface area contributed by atoms with Gasteiger partial charge in [0.1, 0.15) is 0 Å². The molecule has 0 bridgehead atoms. The van der Waals surface area contributed by atoms with Gasteiger partial charge in [-0.05, 0) is 37.6 Å². The minimum atomic E-state index is -0.923. The predicted octanol–water partition coefficient (Wildman–Crippen LogP) is 5.53. The number of fused-ring (bicyclic) bond motifs is 1. The SMILES string of the molecule is COC(=O)C(NC(=O)c1c(CN2CCCCC2)c(-c2ccccc2)nc2ccccc12)c1ccccc1. The maximum Gasteiger partial charge on any atom is 0.333 e. The average Bonchev–Trinajstić information content (AvgIpc) is 2.96. The van der Waals surface area contributed by atoms with Gasteiger partial charge in [0.15, 0.2) is 6.04 Å². The molecule has 0 radical (unpaired) electrons. The minimum Gasteiger partial charge on any atom is -0.467 e. The van der Waals surface area contributed by atoms with Gasteiger partial charge in [-0.1, -0.05) is 85.3 Å². The van der Waals surface area contributed by atoms with Crippen molar-refractivity contribution in [2.75, 3.05) is 20.2 Å². The van der Waals surface area contributed by atoms with E-state index >= 15 is 0 Å². The van der Waals surface area contributed by atoms with Gasteiger partial charge in [-0.3, -0.25) is 9.69 Å². The summed E-state index contributed by atoms with van der Waals surface area (Å²) in [5.74, 6) is -0.833. The number of nitrogens with zero attached hydrogens (tertiary/aromatic N) is 2. The van der Waals surface area contributed by atoms with Crippen LogP contribution >= 0.6 is 0 Å². The highest BCUT2D eigenvalue weighted by molar-refractivity contribution is 6.10. The van der Waals surface area contributed by atoms with Crippen LogP contribution in [0.2, 0.25) is 0 Å². The number of benzene rings is 3. The Kier molecular flexibility index (Phi) is 7.57. The molecule has 188 valence electrons. The van der Waals surface area contributed by atoms with Crippen LogP contribution in [0.25, 0.3) is 22.2 Å². The molecule has 0 spiro atoms. The summed E-state index contributed by atoms with van der Waals surface area (Å²) in [6, 6.07) is 26.0. The number of ether oxygens (including phenoxy) is 1. The smallest absolute Gasteiger partial charge is 0.333 e. The summed E-state index contributed by atoms with van der Waals surface area (Å²) in [5.41, 5.74) is 4.59. The van der Waals surface area contributed by atoms with E-state index in [0.29, 0.717) is 17.7 Å². The van der Waals surface area contributed by atoms with Crippen molar-refractivity contribution >= 4 is 22.8 Å². The molecule has 5 rings (SSSR count). The summed E-state index contributed by atoms with van der Waals surface area (Å²) in [7, 11) is 1.33.